The molecule has 1 N–H and O–H groups in total. The van der Waals surface area contributed by atoms with E-state index in [1.165, 1.54) is 12.1 Å². The number of hydrogen-bond donors (Lipinski definition) is 1. The van der Waals surface area contributed by atoms with Gasteiger partial charge in [0.05, 0.1) is 15.0 Å². The summed E-state index contributed by atoms with van der Waals surface area (Å²) >= 11 is 11.9. The maximum Gasteiger partial charge on any atom is 0.272 e. The van der Waals surface area contributed by atoms with Crippen LogP contribution in [0.1, 0.15) is 5.56 Å². The Kier molecular flexibility index (Phi) is 4.82. The van der Waals surface area contributed by atoms with Gasteiger partial charge in [0, 0.05) is 30.9 Å². The number of halogens is 2. The topological polar surface area (TPSA) is 77.3 Å². The zero-order chi connectivity index (χ0) is 15.4. The molecule has 21 heavy (non-hydrogen) atoms. The molecule has 1 heterocycles. The second-order valence-electron chi connectivity index (χ2n) is 4.05. The summed E-state index contributed by atoms with van der Waals surface area (Å²) in [5.74, 6) is 0.876. The molecule has 0 saturated carbocycles. The number of anilines is 1. The van der Waals surface area contributed by atoms with E-state index in [2.05, 4.69) is 10.3 Å². The highest BCUT2D eigenvalue weighted by atomic mass is 35.5. The third-order valence-electron chi connectivity index (χ3n) is 2.69. The summed E-state index contributed by atoms with van der Waals surface area (Å²) in [4.78, 5) is 14.3. The Labute approximate surface area is 130 Å². The maximum atomic E-state index is 10.7. The summed E-state index contributed by atoms with van der Waals surface area (Å²) in [6.45, 7) is 0.182. The lowest BCUT2D eigenvalue weighted by molar-refractivity contribution is -0.384. The third-order valence-corrected chi connectivity index (χ3v) is 3.26. The molecule has 0 aliphatic rings. The summed E-state index contributed by atoms with van der Waals surface area (Å²) in [5, 5.41) is 13.8. The van der Waals surface area contributed by atoms with Crippen LogP contribution in [0.3, 0.4) is 0 Å². The van der Waals surface area contributed by atoms with Crippen molar-refractivity contribution in [1.29, 1.82) is 0 Å². The molecule has 0 radical (unpaired) electrons. The smallest absolute Gasteiger partial charge is 0.272 e. The highest BCUT2D eigenvalue weighted by Crippen LogP contribution is 2.37. The van der Waals surface area contributed by atoms with Crippen LogP contribution < -0.4 is 10.1 Å². The van der Waals surface area contributed by atoms with Gasteiger partial charge >= 0.3 is 0 Å². The van der Waals surface area contributed by atoms with Crippen molar-refractivity contribution in [2.75, 3.05) is 12.4 Å². The Morgan fingerprint density at radius 2 is 2.05 bits per heavy atom. The molecule has 1 aromatic carbocycles. The Morgan fingerprint density at radius 1 is 1.38 bits per heavy atom. The minimum Gasteiger partial charge on any atom is -0.486 e. The monoisotopic (exact) mass is 327 g/mol. The van der Waals surface area contributed by atoms with Crippen molar-refractivity contribution >= 4 is 34.7 Å². The molecule has 110 valence electrons. The standard InChI is InChI=1S/C13H11Cl2N3O3/c1-16-13-8(3-2-4-17-13)7-21-12-10(14)5-9(18(19)20)6-11(12)15/h2-6H,7H2,1H3,(H,16,17). The summed E-state index contributed by atoms with van der Waals surface area (Å²) in [6, 6.07) is 6.01. The Bertz CT molecular complexity index is 656. The van der Waals surface area contributed by atoms with Crippen LogP contribution in [-0.4, -0.2) is 17.0 Å². The first kappa shape index (κ1) is 15.3. The van der Waals surface area contributed by atoms with Gasteiger partial charge in [0.15, 0.2) is 5.75 Å². The highest BCUT2D eigenvalue weighted by molar-refractivity contribution is 6.37. The van der Waals surface area contributed by atoms with Crippen LogP contribution in [-0.2, 0) is 6.61 Å². The molecule has 0 spiro atoms. The maximum absolute atomic E-state index is 10.7. The van der Waals surface area contributed by atoms with Crippen molar-refractivity contribution in [3.05, 3.63) is 56.2 Å². The second kappa shape index (κ2) is 6.60. The number of nitro benzene ring substituents is 1. The molecular weight excluding hydrogens is 317 g/mol. The van der Waals surface area contributed by atoms with Gasteiger partial charge in [0.2, 0.25) is 0 Å². The first-order chi connectivity index (χ1) is 10.0. The lowest BCUT2D eigenvalue weighted by Crippen LogP contribution is -2.03. The molecule has 0 bridgehead atoms. The molecule has 0 unspecified atom stereocenters. The first-order valence-corrected chi connectivity index (χ1v) is 6.66. The molecule has 1 aromatic heterocycles. The molecule has 2 aromatic rings. The first-order valence-electron chi connectivity index (χ1n) is 5.90. The van der Waals surface area contributed by atoms with Crippen molar-refractivity contribution in [3.63, 3.8) is 0 Å². The van der Waals surface area contributed by atoms with E-state index < -0.39 is 4.92 Å². The van der Waals surface area contributed by atoms with Crippen molar-refractivity contribution < 1.29 is 9.66 Å². The molecule has 2 rings (SSSR count). The van der Waals surface area contributed by atoms with E-state index in [-0.39, 0.29) is 28.1 Å². The average Bonchev–Trinajstić information content (AvgIpc) is 2.46. The molecule has 0 aliphatic carbocycles. The largest absolute Gasteiger partial charge is 0.486 e. The molecule has 0 fully saturated rings. The molecule has 0 aliphatic heterocycles. The van der Waals surface area contributed by atoms with Gasteiger partial charge in [-0.1, -0.05) is 29.3 Å². The van der Waals surface area contributed by atoms with E-state index in [4.69, 9.17) is 27.9 Å². The molecular formula is C13H11Cl2N3O3. The number of benzene rings is 1. The van der Waals surface area contributed by atoms with Crippen LogP contribution in [0.2, 0.25) is 10.0 Å². The number of nitrogens with one attached hydrogen (secondary N) is 1. The Balaban J connectivity index is 2.22. The fraction of sp³-hybridized carbons (Fsp3) is 0.154. The minimum absolute atomic E-state index is 0.0871. The van der Waals surface area contributed by atoms with E-state index in [9.17, 15) is 10.1 Å². The average molecular weight is 328 g/mol. The summed E-state index contributed by atoms with van der Waals surface area (Å²) in [5.41, 5.74) is 0.625. The fourth-order valence-corrected chi connectivity index (χ4v) is 2.30. The Hall–Kier alpha value is -2.05. The van der Waals surface area contributed by atoms with E-state index in [1.54, 1.807) is 19.3 Å². The van der Waals surface area contributed by atoms with Gasteiger partial charge < -0.3 is 10.1 Å². The quantitative estimate of drug-likeness (QED) is 0.665. The molecule has 6 nitrogen and oxygen atoms in total. The zero-order valence-electron chi connectivity index (χ0n) is 11.0. The SMILES string of the molecule is CNc1ncccc1COc1c(Cl)cc([N+](=O)[O-])cc1Cl. The summed E-state index contributed by atoms with van der Waals surface area (Å²) in [7, 11) is 1.75. The lowest BCUT2D eigenvalue weighted by atomic mass is 10.2. The van der Waals surface area contributed by atoms with E-state index in [0.717, 1.165) is 5.56 Å². The number of nitro groups is 1. The highest BCUT2D eigenvalue weighted by Gasteiger charge is 2.16. The molecule has 8 heteroatoms. The van der Waals surface area contributed by atoms with Crippen molar-refractivity contribution in [1.82, 2.24) is 4.98 Å². The number of pyridine rings is 1. The van der Waals surface area contributed by atoms with Gasteiger partial charge in [0.1, 0.15) is 12.4 Å². The van der Waals surface area contributed by atoms with E-state index in [0.29, 0.717) is 5.82 Å². The van der Waals surface area contributed by atoms with E-state index >= 15 is 0 Å². The van der Waals surface area contributed by atoms with E-state index in [1.807, 2.05) is 6.07 Å². The minimum atomic E-state index is -0.568. The molecule has 0 saturated heterocycles. The van der Waals surface area contributed by atoms with Gasteiger partial charge in [-0.25, -0.2) is 4.98 Å². The van der Waals surface area contributed by atoms with Crippen LogP contribution in [0.4, 0.5) is 11.5 Å². The number of ether oxygens (including phenoxy) is 1. The number of non-ortho nitro benzene ring substituents is 1. The van der Waals surface area contributed by atoms with Crippen molar-refractivity contribution in [2.45, 2.75) is 6.61 Å². The number of nitrogens with zero attached hydrogens (tertiary/aromatic N) is 2. The summed E-state index contributed by atoms with van der Waals surface area (Å²) < 4.78 is 5.56. The van der Waals surface area contributed by atoms with Gasteiger partial charge in [-0.3, -0.25) is 10.1 Å². The second-order valence-corrected chi connectivity index (χ2v) is 4.86. The van der Waals surface area contributed by atoms with Crippen LogP contribution >= 0.6 is 23.2 Å². The number of aromatic nitrogens is 1. The lowest BCUT2D eigenvalue weighted by Gasteiger charge is -2.12. The van der Waals surface area contributed by atoms with Crippen LogP contribution in [0, 0.1) is 10.1 Å². The van der Waals surface area contributed by atoms with Gasteiger partial charge in [0.25, 0.3) is 5.69 Å². The third kappa shape index (κ3) is 3.53. The summed E-state index contributed by atoms with van der Waals surface area (Å²) in [6.07, 6.45) is 1.65. The number of rotatable bonds is 5. The number of hydrogen-bond acceptors (Lipinski definition) is 5. The van der Waals surface area contributed by atoms with Crippen molar-refractivity contribution in [3.8, 4) is 5.75 Å². The van der Waals surface area contributed by atoms with Gasteiger partial charge in [-0.05, 0) is 6.07 Å². The van der Waals surface area contributed by atoms with Crippen LogP contribution in [0.15, 0.2) is 30.5 Å². The Morgan fingerprint density at radius 3 is 2.62 bits per heavy atom. The molecule has 0 amide bonds. The van der Waals surface area contributed by atoms with Crippen molar-refractivity contribution in [2.24, 2.45) is 0 Å². The van der Waals surface area contributed by atoms with Crippen LogP contribution in [0.5, 0.6) is 5.75 Å². The van der Waals surface area contributed by atoms with Gasteiger partial charge in [-0.15, -0.1) is 0 Å². The van der Waals surface area contributed by atoms with Gasteiger partial charge in [-0.2, -0.15) is 0 Å². The zero-order valence-corrected chi connectivity index (χ0v) is 12.5. The normalized spacial score (nSPS) is 10.2. The predicted octanol–water partition coefficient (Wildman–Crippen LogP) is 3.92. The molecule has 0 atom stereocenters. The fourth-order valence-electron chi connectivity index (χ4n) is 1.72. The van der Waals surface area contributed by atoms with Crippen LogP contribution in [0.25, 0.3) is 0 Å². The predicted molar refractivity (Wildman–Crippen MR) is 81.2 cm³/mol.